The first-order valence-electron chi connectivity index (χ1n) is 2.42. The van der Waals surface area contributed by atoms with Crippen molar-refractivity contribution in [3.63, 3.8) is 0 Å². The molecule has 1 atom stereocenters. The maximum absolute atomic E-state index is 4.15. The number of hydrogen-bond donors (Lipinski definition) is 1. The van der Waals surface area contributed by atoms with E-state index in [1.54, 1.807) is 0 Å². The van der Waals surface area contributed by atoms with E-state index in [0.717, 1.165) is 11.8 Å². The van der Waals surface area contributed by atoms with Crippen LogP contribution in [0.5, 0.6) is 0 Å². The van der Waals surface area contributed by atoms with Gasteiger partial charge in [0.1, 0.15) is 0 Å². The Hall–Kier alpha value is 0.660. The number of rotatable bonds is 0. The van der Waals surface area contributed by atoms with E-state index in [4.69, 9.17) is 0 Å². The summed E-state index contributed by atoms with van der Waals surface area (Å²) in [6.07, 6.45) is 1.29. The van der Waals surface area contributed by atoms with Gasteiger partial charge in [0.25, 0.3) is 0 Å². The SMILES string of the molecule is CC1CCN(S)S1. The average Bonchev–Trinajstić information content (AvgIpc) is 1.87. The quantitative estimate of drug-likeness (QED) is 0.397. The molecule has 1 fully saturated rings. The van der Waals surface area contributed by atoms with Crippen molar-refractivity contribution in [3.05, 3.63) is 0 Å². The molecule has 0 aromatic heterocycles. The average molecular weight is 135 g/mol. The third kappa shape index (κ3) is 1.55. The van der Waals surface area contributed by atoms with Crippen LogP contribution < -0.4 is 0 Å². The van der Waals surface area contributed by atoms with E-state index in [1.165, 1.54) is 6.42 Å². The molecule has 1 aliphatic rings. The molecule has 0 bridgehead atoms. The Bertz CT molecular complexity index is 58.7. The zero-order valence-corrected chi connectivity index (χ0v) is 6.01. The largest absolute Gasteiger partial charge is 0.197 e. The summed E-state index contributed by atoms with van der Waals surface area (Å²) in [5, 5.41) is 0.789. The Labute approximate surface area is 54.1 Å². The van der Waals surface area contributed by atoms with Crippen LogP contribution in [0.1, 0.15) is 13.3 Å². The fraction of sp³-hybridized carbons (Fsp3) is 1.00. The zero-order valence-electron chi connectivity index (χ0n) is 4.29. The molecule has 1 unspecified atom stereocenters. The topological polar surface area (TPSA) is 3.24 Å². The van der Waals surface area contributed by atoms with E-state index < -0.39 is 0 Å². The molecule has 0 aromatic rings. The second-order valence-electron chi connectivity index (χ2n) is 1.78. The fourth-order valence-electron chi connectivity index (χ4n) is 0.605. The summed E-state index contributed by atoms with van der Waals surface area (Å²) in [6.45, 7) is 3.36. The third-order valence-electron chi connectivity index (χ3n) is 1.03. The predicted octanol–water partition coefficient (Wildman–Crippen LogP) is 1.57. The minimum Gasteiger partial charge on any atom is -0.197 e. The van der Waals surface area contributed by atoms with Gasteiger partial charge in [0, 0.05) is 11.8 Å². The lowest BCUT2D eigenvalue weighted by Gasteiger charge is -2.00. The highest BCUT2D eigenvalue weighted by Gasteiger charge is 2.15. The van der Waals surface area contributed by atoms with Crippen LogP contribution in [-0.2, 0) is 0 Å². The van der Waals surface area contributed by atoms with Crippen molar-refractivity contribution >= 4 is 24.8 Å². The van der Waals surface area contributed by atoms with E-state index in [0.29, 0.717) is 0 Å². The molecule has 0 aromatic carbocycles. The van der Waals surface area contributed by atoms with Crippen molar-refractivity contribution in [2.45, 2.75) is 18.6 Å². The highest BCUT2D eigenvalue weighted by Crippen LogP contribution is 2.28. The van der Waals surface area contributed by atoms with E-state index in [-0.39, 0.29) is 0 Å². The van der Waals surface area contributed by atoms with Crippen molar-refractivity contribution in [1.29, 1.82) is 0 Å². The number of nitrogens with zero attached hydrogens (tertiary/aromatic N) is 1. The van der Waals surface area contributed by atoms with Crippen molar-refractivity contribution in [2.75, 3.05) is 6.54 Å². The molecule has 7 heavy (non-hydrogen) atoms. The van der Waals surface area contributed by atoms with Gasteiger partial charge in [0.15, 0.2) is 0 Å². The van der Waals surface area contributed by atoms with Gasteiger partial charge >= 0.3 is 0 Å². The highest BCUT2D eigenvalue weighted by molar-refractivity contribution is 8.06. The van der Waals surface area contributed by atoms with Crippen molar-refractivity contribution in [1.82, 2.24) is 3.71 Å². The Morgan fingerprint density at radius 3 is 2.71 bits per heavy atom. The lowest BCUT2D eigenvalue weighted by Crippen LogP contribution is -1.91. The molecule has 0 aliphatic carbocycles. The van der Waals surface area contributed by atoms with Crippen LogP contribution in [0.25, 0.3) is 0 Å². The summed E-state index contributed by atoms with van der Waals surface area (Å²) in [6, 6.07) is 0. The molecular formula is C4H9NS2. The zero-order chi connectivity index (χ0) is 5.28. The van der Waals surface area contributed by atoms with Crippen LogP contribution in [0, 0.1) is 0 Å². The molecule has 42 valence electrons. The second kappa shape index (κ2) is 2.29. The molecule has 1 nitrogen and oxygen atoms in total. The first-order valence-corrected chi connectivity index (χ1v) is 3.66. The Balaban J connectivity index is 2.26. The van der Waals surface area contributed by atoms with Gasteiger partial charge in [-0.15, -0.1) is 0 Å². The summed E-state index contributed by atoms with van der Waals surface area (Å²) in [5.74, 6) is 0. The molecule has 0 amide bonds. The molecule has 0 saturated carbocycles. The normalized spacial score (nSPS) is 34.3. The molecule has 1 heterocycles. The highest BCUT2D eigenvalue weighted by atomic mass is 32.2. The molecule has 1 rings (SSSR count). The summed E-state index contributed by atoms with van der Waals surface area (Å²) in [5.41, 5.74) is 0. The maximum Gasteiger partial charge on any atom is 0.0211 e. The smallest absolute Gasteiger partial charge is 0.0211 e. The molecule has 1 saturated heterocycles. The first kappa shape index (κ1) is 5.79. The summed E-state index contributed by atoms with van der Waals surface area (Å²) in [7, 11) is 0. The summed E-state index contributed by atoms with van der Waals surface area (Å²) < 4.78 is 1.99. The van der Waals surface area contributed by atoms with Crippen LogP contribution in [0.15, 0.2) is 0 Å². The lowest BCUT2D eigenvalue weighted by atomic mass is 10.3. The van der Waals surface area contributed by atoms with Gasteiger partial charge in [0.2, 0.25) is 0 Å². The Morgan fingerprint density at radius 2 is 2.57 bits per heavy atom. The van der Waals surface area contributed by atoms with Gasteiger partial charge in [0.05, 0.1) is 0 Å². The summed E-state index contributed by atoms with van der Waals surface area (Å²) >= 11 is 5.97. The molecule has 0 N–H and O–H groups in total. The van der Waals surface area contributed by atoms with E-state index in [9.17, 15) is 0 Å². The van der Waals surface area contributed by atoms with Crippen molar-refractivity contribution in [2.24, 2.45) is 0 Å². The Morgan fingerprint density at radius 1 is 1.86 bits per heavy atom. The van der Waals surface area contributed by atoms with Gasteiger partial charge in [-0.05, 0) is 6.42 Å². The van der Waals surface area contributed by atoms with Gasteiger partial charge in [-0.1, -0.05) is 31.7 Å². The predicted molar refractivity (Wildman–Crippen MR) is 37.4 cm³/mol. The lowest BCUT2D eigenvalue weighted by molar-refractivity contribution is 0.737. The van der Waals surface area contributed by atoms with Gasteiger partial charge < -0.3 is 0 Å². The van der Waals surface area contributed by atoms with E-state index >= 15 is 0 Å². The molecule has 0 spiro atoms. The maximum atomic E-state index is 4.15. The first-order chi connectivity index (χ1) is 3.29. The third-order valence-corrected chi connectivity index (χ3v) is 2.53. The fourth-order valence-corrected chi connectivity index (χ4v) is 2.04. The van der Waals surface area contributed by atoms with Crippen LogP contribution in [-0.4, -0.2) is 15.5 Å². The van der Waals surface area contributed by atoms with Gasteiger partial charge in [-0.25, -0.2) is 0 Å². The van der Waals surface area contributed by atoms with Crippen LogP contribution >= 0.6 is 24.8 Å². The molecule has 0 radical (unpaired) electrons. The standard InChI is InChI=1S/C4H9NS2/c1-4-2-3-5(6)7-4/h4,6H,2-3H2,1H3. The van der Waals surface area contributed by atoms with Crippen molar-refractivity contribution in [3.8, 4) is 0 Å². The van der Waals surface area contributed by atoms with E-state index in [2.05, 4.69) is 19.7 Å². The minimum absolute atomic E-state index is 0.789. The van der Waals surface area contributed by atoms with Crippen LogP contribution in [0.4, 0.5) is 0 Å². The summed E-state index contributed by atoms with van der Waals surface area (Å²) in [4.78, 5) is 0. The van der Waals surface area contributed by atoms with E-state index in [1.807, 2.05) is 15.7 Å². The molecule has 3 heteroatoms. The van der Waals surface area contributed by atoms with Crippen LogP contribution in [0.2, 0.25) is 0 Å². The number of hydrogen-bond acceptors (Lipinski definition) is 3. The Kier molecular flexibility index (Phi) is 1.89. The number of thiol groups is 1. The monoisotopic (exact) mass is 135 g/mol. The molecular weight excluding hydrogens is 126 g/mol. The van der Waals surface area contributed by atoms with Gasteiger partial charge in [-0.3, -0.25) is 0 Å². The minimum atomic E-state index is 0.789. The van der Waals surface area contributed by atoms with Gasteiger partial charge in [-0.2, -0.15) is 3.71 Å². The second-order valence-corrected chi connectivity index (χ2v) is 3.99. The van der Waals surface area contributed by atoms with Crippen LogP contribution in [0.3, 0.4) is 0 Å². The van der Waals surface area contributed by atoms with Crippen molar-refractivity contribution < 1.29 is 0 Å². The molecule has 1 aliphatic heterocycles.